The van der Waals surface area contributed by atoms with E-state index in [0.717, 1.165) is 63.4 Å². The van der Waals surface area contributed by atoms with Crippen LogP contribution >= 0.6 is 0 Å². The highest BCUT2D eigenvalue weighted by Gasteiger charge is 2.38. The maximum absolute atomic E-state index is 5.70. The van der Waals surface area contributed by atoms with Crippen molar-refractivity contribution in [2.75, 3.05) is 52.6 Å². The van der Waals surface area contributed by atoms with E-state index in [1.807, 2.05) is 0 Å². The van der Waals surface area contributed by atoms with Crippen LogP contribution in [-0.2, 0) is 9.47 Å². The van der Waals surface area contributed by atoms with Crippen molar-refractivity contribution in [3.05, 3.63) is 0 Å². The minimum atomic E-state index is 0.725. The van der Waals surface area contributed by atoms with Gasteiger partial charge in [0.1, 0.15) is 0 Å². The number of nitrogens with zero attached hydrogens (tertiary/aromatic N) is 2. The second kappa shape index (κ2) is 6.53. The predicted octanol–water partition coefficient (Wildman–Crippen LogP) is 1.60. The molecule has 0 unspecified atom stereocenters. The van der Waals surface area contributed by atoms with Crippen molar-refractivity contribution < 1.29 is 9.47 Å². The largest absolute Gasteiger partial charge is 0.378 e. The highest BCUT2D eigenvalue weighted by atomic mass is 16.5. The molecule has 0 aromatic heterocycles. The van der Waals surface area contributed by atoms with E-state index >= 15 is 0 Å². The molecular weight excluding hydrogens is 264 g/mol. The molecular formula is C17H30N2O2. The van der Waals surface area contributed by atoms with Crippen LogP contribution in [0.15, 0.2) is 0 Å². The maximum Gasteiger partial charge on any atom is 0.0625 e. The fourth-order valence-corrected chi connectivity index (χ4v) is 4.18. The van der Waals surface area contributed by atoms with Crippen molar-refractivity contribution in [1.82, 2.24) is 9.80 Å². The van der Waals surface area contributed by atoms with E-state index in [1.165, 1.54) is 45.2 Å². The van der Waals surface area contributed by atoms with Crippen molar-refractivity contribution in [1.29, 1.82) is 0 Å². The molecule has 4 nitrogen and oxygen atoms in total. The first-order valence-corrected chi connectivity index (χ1v) is 9.05. The number of ether oxygens (including phenoxy) is 2. The zero-order valence-electron chi connectivity index (χ0n) is 13.2. The first-order valence-electron chi connectivity index (χ1n) is 9.05. The summed E-state index contributed by atoms with van der Waals surface area (Å²) in [4.78, 5) is 5.43. The Kier molecular flexibility index (Phi) is 4.49. The van der Waals surface area contributed by atoms with E-state index in [0.29, 0.717) is 0 Å². The molecule has 0 bridgehead atoms. The molecule has 0 aromatic carbocycles. The Hall–Kier alpha value is -0.160. The van der Waals surface area contributed by atoms with Gasteiger partial charge in [-0.2, -0.15) is 0 Å². The second-order valence-corrected chi connectivity index (χ2v) is 7.38. The minimum Gasteiger partial charge on any atom is -0.378 e. The van der Waals surface area contributed by atoms with Gasteiger partial charge in [-0.15, -0.1) is 0 Å². The second-order valence-electron chi connectivity index (χ2n) is 7.38. The summed E-state index contributed by atoms with van der Waals surface area (Å²) in [7, 11) is 0. The summed E-state index contributed by atoms with van der Waals surface area (Å²) in [5.41, 5.74) is 0. The number of hydrogen-bond donors (Lipinski definition) is 0. The van der Waals surface area contributed by atoms with E-state index in [-0.39, 0.29) is 0 Å². The summed E-state index contributed by atoms with van der Waals surface area (Å²) >= 11 is 0. The van der Waals surface area contributed by atoms with E-state index in [1.54, 1.807) is 0 Å². The summed E-state index contributed by atoms with van der Waals surface area (Å²) in [5, 5.41) is 0. The summed E-state index contributed by atoms with van der Waals surface area (Å²) in [5.74, 6) is 1.88. The Morgan fingerprint density at radius 2 is 1.19 bits per heavy atom. The Bertz CT molecular complexity index is 312. The van der Waals surface area contributed by atoms with Gasteiger partial charge in [0, 0.05) is 25.2 Å². The normalized spacial score (nSPS) is 36.0. The lowest BCUT2D eigenvalue weighted by Crippen LogP contribution is -2.49. The molecule has 2 atom stereocenters. The van der Waals surface area contributed by atoms with Crippen molar-refractivity contribution >= 4 is 0 Å². The van der Waals surface area contributed by atoms with Crippen molar-refractivity contribution in [2.45, 2.75) is 44.2 Å². The van der Waals surface area contributed by atoms with Crippen molar-refractivity contribution in [2.24, 2.45) is 11.8 Å². The smallest absolute Gasteiger partial charge is 0.0625 e. The summed E-state index contributed by atoms with van der Waals surface area (Å²) in [6, 6.07) is 1.45. The van der Waals surface area contributed by atoms with Gasteiger partial charge in [0.25, 0.3) is 0 Å². The minimum absolute atomic E-state index is 0.725. The molecule has 2 aliphatic heterocycles. The highest BCUT2D eigenvalue weighted by Crippen LogP contribution is 2.37. The van der Waals surface area contributed by atoms with Crippen LogP contribution in [0.1, 0.15) is 32.1 Å². The summed E-state index contributed by atoms with van der Waals surface area (Å²) < 4.78 is 11.4. The molecule has 21 heavy (non-hydrogen) atoms. The van der Waals surface area contributed by atoms with E-state index < -0.39 is 0 Å². The van der Waals surface area contributed by atoms with Crippen LogP contribution in [0.3, 0.4) is 0 Å². The molecule has 0 spiro atoms. The van der Waals surface area contributed by atoms with Crippen LogP contribution in [0.5, 0.6) is 0 Å². The lowest BCUT2D eigenvalue weighted by Gasteiger charge is -2.38. The fourth-order valence-electron chi connectivity index (χ4n) is 4.18. The molecule has 2 heterocycles. The van der Waals surface area contributed by atoms with Gasteiger partial charge in [-0.3, -0.25) is 9.80 Å². The third-order valence-electron chi connectivity index (χ3n) is 5.78. The molecule has 2 saturated heterocycles. The molecule has 4 fully saturated rings. The monoisotopic (exact) mass is 294 g/mol. The standard InChI is InChI=1S/C17H30N2O2/c1(6-18-8-10-20-12-16(18)14-2-3-14)7-19-9-11-21-13-17(19)15-4-5-15/h14-17H,1-13H2/t16-,17-/m1/s1. The van der Waals surface area contributed by atoms with Gasteiger partial charge in [-0.05, 0) is 57.0 Å². The van der Waals surface area contributed by atoms with Gasteiger partial charge in [-0.25, -0.2) is 0 Å². The van der Waals surface area contributed by atoms with Crippen LogP contribution in [0.25, 0.3) is 0 Å². The third kappa shape index (κ3) is 3.61. The van der Waals surface area contributed by atoms with Gasteiger partial charge in [0.15, 0.2) is 0 Å². The average molecular weight is 294 g/mol. The predicted molar refractivity (Wildman–Crippen MR) is 82.4 cm³/mol. The highest BCUT2D eigenvalue weighted by molar-refractivity contribution is 4.91. The Morgan fingerprint density at radius 3 is 1.62 bits per heavy atom. The zero-order chi connectivity index (χ0) is 14.1. The molecule has 0 N–H and O–H groups in total. The van der Waals surface area contributed by atoms with Gasteiger partial charge in [0.2, 0.25) is 0 Å². The fraction of sp³-hybridized carbons (Fsp3) is 1.00. The molecule has 2 saturated carbocycles. The van der Waals surface area contributed by atoms with Crippen molar-refractivity contribution in [3.63, 3.8) is 0 Å². The van der Waals surface area contributed by atoms with E-state index in [4.69, 9.17) is 9.47 Å². The number of rotatable bonds is 6. The van der Waals surface area contributed by atoms with E-state index in [2.05, 4.69) is 9.80 Å². The van der Waals surface area contributed by atoms with Gasteiger partial charge in [0.05, 0.1) is 26.4 Å². The Balaban J connectivity index is 1.24. The topological polar surface area (TPSA) is 24.9 Å². The zero-order valence-corrected chi connectivity index (χ0v) is 13.2. The summed E-state index contributed by atoms with van der Waals surface area (Å²) in [6.07, 6.45) is 7.03. The van der Waals surface area contributed by atoms with Crippen LogP contribution in [0, 0.1) is 11.8 Å². The molecule has 0 radical (unpaired) electrons. The molecule has 2 aliphatic carbocycles. The van der Waals surface area contributed by atoms with Crippen LogP contribution < -0.4 is 0 Å². The molecule has 0 amide bonds. The maximum atomic E-state index is 5.70. The quantitative estimate of drug-likeness (QED) is 0.743. The van der Waals surface area contributed by atoms with Crippen LogP contribution in [0.4, 0.5) is 0 Å². The van der Waals surface area contributed by atoms with Gasteiger partial charge in [-0.1, -0.05) is 0 Å². The van der Waals surface area contributed by atoms with Crippen molar-refractivity contribution in [3.8, 4) is 0 Å². The molecule has 4 rings (SSSR count). The SMILES string of the molecule is C(CN1CCOC[C@@H]1C1CC1)CN1CCOC[C@@H]1C1CC1. The van der Waals surface area contributed by atoms with Crippen LogP contribution in [0.2, 0.25) is 0 Å². The average Bonchev–Trinajstić information content (AvgIpc) is 3.41. The number of hydrogen-bond acceptors (Lipinski definition) is 4. The first-order chi connectivity index (χ1) is 10.4. The Labute approximate surface area is 128 Å². The van der Waals surface area contributed by atoms with Gasteiger partial charge >= 0.3 is 0 Å². The lowest BCUT2D eigenvalue weighted by molar-refractivity contribution is -0.0289. The van der Waals surface area contributed by atoms with E-state index in [9.17, 15) is 0 Å². The van der Waals surface area contributed by atoms with Crippen LogP contribution in [-0.4, -0.2) is 74.5 Å². The lowest BCUT2D eigenvalue weighted by atomic mass is 10.1. The third-order valence-corrected chi connectivity index (χ3v) is 5.78. The molecule has 120 valence electrons. The molecule has 4 aliphatic rings. The van der Waals surface area contributed by atoms with Gasteiger partial charge < -0.3 is 9.47 Å². The summed E-state index contributed by atoms with van der Waals surface area (Å²) in [6.45, 7) is 8.65. The Morgan fingerprint density at radius 1 is 0.714 bits per heavy atom. The molecule has 0 aromatic rings. The number of morpholine rings is 2. The first kappa shape index (κ1) is 14.4. The molecule has 4 heteroatoms.